The number of rotatable bonds is 4. The molecule has 1 saturated heterocycles. The van der Waals surface area contributed by atoms with Gasteiger partial charge in [0.15, 0.2) is 0 Å². The molecule has 1 aliphatic heterocycles. The summed E-state index contributed by atoms with van der Waals surface area (Å²) in [5.74, 6) is -1.12. The van der Waals surface area contributed by atoms with Gasteiger partial charge in [0.25, 0.3) is 5.91 Å². The van der Waals surface area contributed by atoms with Crippen LogP contribution in [0.2, 0.25) is 0 Å². The van der Waals surface area contributed by atoms with E-state index in [0.717, 1.165) is 23.5 Å². The third-order valence-electron chi connectivity index (χ3n) is 3.80. The van der Waals surface area contributed by atoms with Gasteiger partial charge in [0, 0.05) is 13.1 Å². The van der Waals surface area contributed by atoms with Gasteiger partial charge in [-0.25, -0.2) is 4.98 Å². The van der Waals surface area contributed by atoms with E-state index in [1.807, 2.05) is 13.8 Å². The Morgan fingerprint density at radius 3 is 2.76 bits per heavy atom. The maximum atomic E-state index is 12.7. The Morgan fingerprint density at radius 1 is 1.43 bits per heavy atom. The molecule has 2 unspecified atom stereocenters. The molecule has 21 heavy (non-hydrogen) atoms. The van der Waals surface area contributed by atoms with Crippen molar-refractivity contribution in [3.63, 3.8) is 0 Å². The summed E-state index contributed by atoms with van der Waals surface area (Å²) in [6.45, 7) is 6.87. The molecule has 1 amide bonds. The summed E-state index contributed by atoms with van der Waals surface area (Å²) in [5, 5.41) is 10.2. The average molecular weight is 310 g/mol. The van der Waals surface area contributed by atoms with E-state index in [2.05, 4.69) is 11.9 Å². The second-order valence-corrected chi connectivity index (χ2v) is 6.94. The van der Waals surface area contributed by atoms with Crippen molar-refractivity contribution in [3.8, 4) is 0 Å². The predicted molar refractivity (Wildman–Crippen MR) is 81.7 cm³/mol. The van der Waals surface area contributed by atoms with Crippen molar-refractivity contribution in [2.75, 3.05) is 13.1 Å². The first-order valence-electron chi connectivity index (χ1n) is 7.40. The number of carbonyl (C=O) groups excluding carboxylic acids is 1. The lowest BCUT2D eigenvalue weighted by Crippen LogP contribution is -2.45. The van der Waals surface area contributed by atoms with Crippen LogP contribution in [-0.2, 0) is 11.2 Å². The van der Waals surface area contributed by atoms with Crippen LogP contribution < -0.4 is 0 Å². The predicted octanol–water partition coefficient (Wildman–Crippen LogP) is 2.59. The molecule has 2 rings (SSSR count). The minimum absolute atomic E-state index is 0.0647. The fraction of sp³-hybridized carbons (Fsp3) is 0.667. The molecule has 0 saturated carbocycles. The fourth-order valence-electron chi connectivity index (χ4n) is 2.81. The lowest BCUT2D eigenvalue weighted by molar-refractivity contribution is -0.143. The van der Waals surface area contributed by atoms with Gasteiger partial charge in [-0.15, -0.1) is 11.3 Å². The number of likely N-dealkylation sites (tertiary alicyclic amines) is 1. The largest absolute Gasteiger partial charge is 0.481 e. The zero-order valence-electron chi connectivity index (χ0n) is 12.8. The Bertz CT molecular complexity index is 541. The normalized spacial score (nSPS) is 22.3. The van der Waals surface area contributed by atoms with Gasteiger partial charge in [-0.3, -0.25) is 9.59 Å². The zero-order chi connectivity index (χ0) is 15.6. The number of nitrogens with zero attached hydrogens (tertiary/aromatic N) is 2. The summed E-state index contributed by atoms with van der Waals surface area (Å²) in [6.07, 6.45) is 2.53. The van der Waals surface area contributed by atoms with E-state index in [-0.39, 0.29) is 11.8 Å². The van der Waals surface area contributed by atoms with Gasteiger partial charge in [0.2, 0.25) is 0 Å². The van der Waals surface area contributed by atoms with Crippen molar-refractivity contribution in [1.82, 2.24) is 9.88 Å². The standard InChI is InChI=1S/C15H22N2O3S/c1-4-5-12-16-10(3)13(21-12)14(18)17-7-9(2)6-11(8-17)15(19)20/h9,11H,4-8H2,1-3H3,(H,19,20). The number of amides is 1. The van der Waals surface area contributed by atoms with Crippen LogP contribution in [0.25, 0.3) is 0 Å². The van der Waals surface area contributed by atoms with Crippen LogP contribution in [0.4, 0.5) is 0 Å². The van der Waals surface area contributed by atoms with Crippen molar-refractivity contribution in [2.45, 2.75) is 40.0 Å². The van der Waals surface area contributed by atoms with E-state index in [4.69, 9.17) is 0 Å². The summed E-state index contributed by atoms with van der Waals surface area (Å²) in [6, 6.07) is 0. The summed E-state index contributed by atoms with van der Waals surface area (Å²) >= 11 is 1.45. The second kappa shape index (κ2) is 6.56. The van der Waals surface area contributed by atoms with Gasteiger partial charge in [-0.2, -0.15) is 0 Å². The molecule has 0 aromatic carbocycles. The Hall–Kier alpha value is -1.43. The van der Waals surface area contributed by atoms with Crippen LogP contribution in [0.1, 0.15) is 47.1 Å². The quantitative estimate of drug-likeness (QED) is 0.928. The first-order valence-corrected chi connectivity index (χ1v) is 8.22. The van der Waals surface area contributed by atoms with E-state index in [0.29, 0.717) is 24.4 Å². The van der Waals surface area contributed by atoms with Crippen molar-refractivity contribution in [2.24, 2.45) is 11.8 Å². The summed E-state index contributed by atoms with van der Waals surface area (Å²) < 4.78 is 0. The smallest absolute Gasteiger partial charge is 0.308 e. The van der Waals surface area contributed by atoms with Crippen molar-refractivity contribution < 1.29 is 14.7 Å². The van der Waals surface area contributed by atoms with Crippen LogP contribution in [-0.4, -0.2) is 40.0 Å². The number of hydrogen-bond donors (Lipinski definition) is 1. The SMILES string of the molecule is CCCc1nc(C)c(C(=O)N2CC(C)CC(C(=O)O)C2)s1. The van der Waals surface area contributed by atoms with Gasteiger partial charge >= 0.3 is 5.97 Å². The number of aliphatic carboxylic acids is 1. The number of aromatic nitrogens is 1. The average Bonchev–Trinajstić information content (AvgIpc) is 2.78. The summed E-state index contributed by atoms with van der Waals surface area (Å²) in [7, 11) is 0. The molecule has 1 aliphatic rings. The number of thiazole rings is 1. The molecule has 0 radical (unpaired) electrons. The molecule has 0 spiro atoms. The van der Waals surface area contributed by atoms with E-state index in [1.165, 1.54) is 11.3 Å². The topological polar surface area (TPSA) is 70.5 Å². The van der Waals surface area contributed by atoms with Crippen LogP contribution in [0, 0.1) is 18.8 Å². The highest BCUT2D eigenvalue weighted by Gasteiger charge is 2.33. The van der Waals surface area contributed by atoms with E-state index in [9.17, 15) is 14.7 Å². The molecule has 5 nitrogen and oxygen atoms in total. The number of carboxylic acid groups (broad SMARTS) is 1. The second-order valence-electron chi connectivity index (χ2n) is 5.86. The van der Waals surface area contributed by atoms with Crippen molar-refractivity contribution >= 4 is 23.2 Å². The molecule has 1 N–H and O–H groups in total. The first-order chi connectivity index (χ1) is 9.92. The van der Waals surface area contributed by atoms with Gasteiger partial charge in [0.1, 0.15) is 4.88 Å². The van der Waals surface area contributed by atoms with Crippen LogP contribution in [0.5, 0.6) is 0 Å². The Kier molecular flexibility index (Phi) is 4.98. The molecule has 6 heteroatoms. The minimum atomic E-state index is -0.813. The van der Waals surface area contributed by atoms with Crippen molar-refractivity contribution in [1.29, 1.82) is 0 Å². The maximum absolute atomic E-state index is 12.7. The van der Waals surface area contributed by atoms with E-state index >= 15 is 0 Å². The van der Waals surface area contributed by atoms with Gasteiger partial charge in [-0.1, -0.05) is 13.8 Å². The van der Waals surface area contributed by atoms with Crippen LogP contribution in [0.15, 0.2) is 0 Å². The molecule has 116 valence electrons. The van der Waals surface area contributed by atoms with Gasteiger partial charge in [0.05, 0.1) is 16.6 Å². The van der Waals surface area contributed by atoms with E-state index in [1.54, 1.807) is 4.90 Å². The summed E-state index contributed by atoms with van der Waals surface area (Å²) in [4.78, 5) is 30.7. The molecule has 2 atom stereocenters. The van der Waals surface area contributed by atoms with Crippen molar-refractivity contribution in [3.05, 3.63) is 15.6 Å². The first kappa shape index (κ1) is 15.9. The molecule has 0 bridgehead atoms. The number of aryl methyl sites for hydroxylation is 2. The Balaban J connectivity index is 2.16. The number of hydrogen-bond acceptors (Lipinski definition) is 4. The maximum Gasteiger partial charge on any atom is 0.308 e. The Morgan fingerprint density at radius 2 is 2.14 bits per heavy atom. The molecule has 2 heterocycles. The number of piperidine rings is 1. The molecule has 0 aliphatic carbocycles. The number of carbonyl (C=O) groups is 2. The molecule has 1 fully saturated rings. The third kappa shape index (κ3) is 3.61. The highest BCUT2D eigenvalue weighted by molar-refractivity contribution is 7.13. The highest BCUT2D eigenvalue weighted by atomic mass is 32.1. The van der Waals surface area contributed by atoms with E-state index < -0.39 is 11.9 Å². The molecule has 1 aromatic rings. The zero-order valence-corrected chi connectivity index (χ0v) is 13.6. The fourth-order valence-corrected chi connectivity index (χ4v) is 3.95. The van der Waals surface area contributed by atoms with Crippen LogP contribution >= 0.6 is 11.3 Å². The highest BCUT2D eigenvalue weighted by Crippen LogP contribution is 2.26. The monoisotopic (exact) mass is 310 g/mol. The minimum Gasteiger partial charge on any atom is -0.481 e. The molecular weight excluding hydrogens is 288 g/mol. The number of carboxylic acids is 1. The Labute approximate surface area is 129 Å². The van der Waals surface area contributed by atoms with Gasteiger partial charge < -0.3 is 10.0 Å². The lowest BCUT2D eigenvalue weighted by atomic mass is 9.90. The molecular formula is C15H22N2O3S. The van der Waals surface area contributed by atoms with Crippen LogP contribution in [0.3, 0.4) is 0 Å². The molecule has 1 aromatic heterocycles. The summed E-state index contributed by atoms with van der Waals surface area (Å²) in [5.41, 5.74) is 0.763. The van der Waals surface area contributed by atoms with Gasteiger partial charge in [-0.05, 0) is 32.1 Å². The third-order valence-corrected chi connectivity index (χ3v) is 5.00. The lowest BCUT2D eigenvalue weighted by Gasteiger charge is -2.34.